The zero-order valence-corrected chi connectivity index (χ0v) is 10.9. The van der Waals surface area contributed by atoms with Gasteiger partial charge in [0.15, 0.2) is 0 Å². The fourth-order valence-electron chi connectivity index (χ4n) is 2.59. The molecule has 0 saturated carbocycles. The predicted octanol–water partition coefficient (Wildman–Crippen LogP) is 4.10. The molecule has 1 unspecified atom stereocenters. The maximum atomic E-state index is 5.99. The van der Waals surface area contributed by atoms with E-state index in [0.717, 1.165) is 23.7 Å². The first-order valence-corrected chi connectivity index (χ1v) is 6.75. The van der Waals surface area contributed by atoms with Gasteiger partial charge in [0.2, 0.25) is 0 Å². The Labute approximate surface area is 112 Å². The highest BCUT2D eigenvalue weighted by Crippen LogP contribution is 2.30. The summed E-state index contributed by atoms with van der Waals surface area (Å²) in [6.45, 7) is 0.843. The van der Waals surface area contributed by atoms with Crippen LogP contribution in [0.5, 0.6) is 0 Å². The number of fused-ring (bicyclic) bond motifs is 1. The van der Waals surface area contributed by atoms with Gasteiger partial charge in [0.05, 0.1) is 6.26 Å². The summed E-state index contributed by atoms with van der Waals surface area (Å²) in [4.78, 5) is 0. The molecule has 0 radical (unpaired) electrons. The summed E-state index contributed by atoms with van der Waals surface area (Å²) in [6.07, 6.45) is 5.22. The molecule has 1 aliphatic carbocycles. The van der Waals surface area contributed by atoms with Crippen molar-refractivity contribution in [2.75, 3.05) is 0 Å². The Kier molecular flexibility index (Phi) is 3.39. The lowest BCUT2D eigenvalue weighted by Crippen LogP contribution is -2.23. The lowest BCUT2D eigenvalue weighted by Gasteiger charge is -2.22. The molecule has 1 aromatic carbocycles. The Hall–Kier alpha value is -1.25. The molecule has 0 saturated heterocycles. The highest BCUT2D eigenvalue weighted by molar-refractivity contribution is 6.30. The number of halogens is 1. The normalized spacial score (nSPS) is 18.6. The first kappa shape index (κ1) is 11.8. The maximum absolute atomic E-state index is 5.99. The molecule has 94 valence electrons. The largest absolute Gasteiger partial charge is 0.469 e. The highest BCUT2D eigenvalue weighted by Gasteiger charge is 2.21. The molecule has 0 spiro atoms. The Balaban J connectivity index is 1.68. The van der Waals surface area contributed by atoms with E-state index in [1.54, 1.807) is 6.26 Å². The number of rotatable bonds is 3. The smallest absolute Gasteiger partial charge is 0.108 e. The fraction of sp³-hybridized carbons (Fsp3) is 0.333. The minimum atomic E-state index is 0.409. The predicted molar refractivity (Wildman–Crippen MR) is 72.7 cm³/mol. The minimum Gasteiger partial charge on any atom is -0.469 e. The molecule has 3 rings (SSSR count). The molecule has 1 aromatic heterocycles. The molecule has 0 amide bonds. The van der Waals surface area contributed by atoms with Crippen molar-refractivity contribution in [1.82, 2.24) is 5.32 Å². The Bertz CT molecular complexity index is 535. The Morgan fingerprint density at radius 1 is 1.33 bits per heavy atom. The van der Waals surface area contributed by atoms with Gasteiger partial charge < -0.3 is 9.73 Å². The average Bonchev–Trinajstić information content (AvgIpc) is 2.85. The molecule has 2 aromatic rings. The van der Waals surface area contributed by atoms with Crippen molar-refractivity contribution < 1.29 is 4.42 Å². The van der Waals surface area contributed by atoms with Gasteiger partial charge in [0.1, 0.15) is 5.76 Å². The van der Waals surface area contributed by atoms with Crippen molar-refractivity contribution in [3.05, 3.63) is 58.5 Å². The molecule has 1 N–H and O–H groups in total. The van der Waals surface area contributed by atoms with E-state index in [1.807, 2.05) is 18.2 Å². The first-order valence-electron chi connectivity index (χ1n) is 6.37. The van der Waals surface area contributed by atoms with Crippen LogP contribution in [0, 0.1) is 0 Å². The van der Waals surface area contributed by atoms with Gasteiger partial charge in [-0.25, -0.2) is 0 Å². The van der Waals surface area contributed by atoms with Crippen LogP contribution in [-0.2, 0) is 13.0 Å². The van der Waals surface area contributed by atoms with Crippen molar-refractivity contribution in [2.45, 2.75) is 31.8 Å². The Morgan fingerprint density at radius 3 is 3.17 bits per heavy atom. The molecule has 1 heterocycles. The van der Waals surface area contributed by atoms with E-state index in [9.17, 15) is 0 Å². The maximum Gasteiger partial charge on any atom is 0.108 e. The van der Waals surface area contributed by atoms with Crippen LogP contribution in [0.25, 0.3) is 0 Å². The van der Waals surface area contributed by atoms with Gasteiger partial charge in [-0.05, 0) is 36.6 Å². The number of furan rings is 1. The van der Waals surface area contributed by atoms with Crippen LogP contribution in [0.3, 0.4) is 0 Å². The molecule has 0 bridgehead atoms. The van der Waals surface area contributed by atoms with E-state index in [1.165, 1.54) is 24.0 Å². The van der Waals surface area contributed by atoms with Gasteiger partial charge in [-0.15, -0.1) is 0 Å². The second-order valence-electron chi connectivity index (χ2n) is 4.75. The second kappa shape index (κ2) is 5.17. The van der Waals surface area contributed by atoms with Crippen molar-refractivity contribution >= 4 is 11.6 Å². The van der Waals surface area contributed by atoms with Crippen LogP contribution in [0.2, 0.25) is 5.02 Å². The van der Waals surface area contributed by atoms with E-state index < -0.39 is 0 Å². The van der Waals surface area contributed by atoms with Gasteiger partial charge in [-0.2, -0.15) is 0 Å². The average molecular weight is 262 g/mol. The second-order valence-corrected chi connectivity index (χ2v) is 5.19. The third-order valence-electron chi connectivity index (χ3n) is 3.49. The van der Waals surface area contributed by atoms with E-state index >= 15 is 0 Å². The van der Waals surface area contributed by atoms with Gasteiger partial charge in [0.25, 0.3) is 0 Å². The lowest BCUT2D eigenvalue weighted by atomic mass is 9.93. The van der Waals surface area contributed by atoms with Crippen LogP contribution >= 0.6 is 11.6 Å². The zero-order chi connectivity index (χ0) is 12.4. The number of hydrogen-bond acceptors (Lipinski definition) is 2. The molecule has 1 aliphatic rings. The van der Waals surface area contributed by atoms with Crippen molar-refractivity contribution in [3.8, 4) is 0 Å². The van der Waals surface area contributed by atoms with Crippen LogP contribution in [-0.4, -0.2) is 0 Å². The summed E-state index contributed by atoms with van der Waals surface area (Å²) in [5.74, 6) is 1.14. The molecule has 18 heavy (non-hydrogen) atoms. The van der Waals surface area contributed by atoms with Crippen molar-refractivity contribution in [3.63, 3.8) is 0 Å². The Morgan fingerprint density at radius 2 is 2.28 bits per heavy atom. The van der Waals surface area contributed by atoms with E-state index in [4.69, 9.17) is 16.0 Å². The van der Waals surface area contributed by atoms with Crippen molar-refractivity contribution in [1.29, 1.82) is 0 Å². The minimum absolute atomic E-state index is 0.409. The fourth-order valence-corrected chi connectivity index (χ4v) is 2.80. The number of benzene rings is 1. The summed E-state index contributed by atoms with van der Waals surface area (Å²) in [7, 11) is 0. The van der Waals surface area contributed by atoms with Crippen LogP contribution < -0.4 is 5.32 Å². The monoisotopic (exact) mass is 261 g/mol. The van der Waals surface area contributed by atoms with Gasteiger partial charge in [-0.1, -0.05) is 23.7 Å². The topological polar surface area (TPSA) is 25.2 Å². The first-order chi connectivity index (χ1) is 8.83. The standard InChI is InChI=1S/C15H16ClNO/c16-12-4-1-3-11(9-12)10-17-14-5-2-6-15-13(14)7-8-18-15/h1,3-4,7-9,14,17H,2,5-6,10H2. The third kappa shape index (κ3) is 2.45. The third-order valence-corrected chi connectivity index (χ3v) is 3.73. The van der Waals surface area contributed by atoms with Crippen LogP contribution in [0.1, 0.15) is 35.8 Å². The molecular formula is C15H16ClNO. The van der Waals surface area contributed by atoms with Gasteiger partial charge >= 0.3 is 0 Å². The quantitative estimate of drug-likeness (QED) is 0.900. The molecule has 1 atom stereocenters. The summed E-state index contributed by atoms with van der Waals surface area (Å²) in [5, 5.41) is 4.38. The summed E-state index contributed by atoms with van der Waals surface area (Å²) in [5.41, 5.74) is 2.54. The number of nitrogens with one attached hydrogen (secondary N) is 1. The zero-order valence-electron chi connectivity index (χ0n) is 10.2. The van der Waals surface area contributed by atoms with Crippen LogP contribution in [0.15, 0.2) is 41.0 Å². The molecule has 3 heteroatoms. The number of hydrogen-bond donors (Lipinski definition) is 1. The summed E-state index contributed by atoms with van der Waals surface area (Å²) < 4.78 is 5.50. The SMILES string of the molecule is Clc1cccc(CNC2CCCc3occc32)c1. The van der Waals surface area contributed by atoms with Gasteiger partial charge in [0, 0.05) is 29.6 Å². The number of aryl methyl sites for hydroxylation is 1. The van der Waals surface area contributed by atoms with E-state index in [2.05, 4.69) is 17.4 Å². The van der Waals surface area contributed by atoms with E-state index in [0.29, 0.717) is 6.04 Å². The lowest BCUT2D eigenvalue weighted by molar-refractivity contribution is 0.411. The summed E-state index contributed by atoms with van der Waals surface area (Å²) >= 11 is 5.99. The van der Waals surface area contributed by atoms with Crippen LogP contribution in [0.4, 0.5) is 0 Å². The molecule has 2 nitrogen and oxygen atoms in total. The molecular weight excluding hydrogens is 246 g/mol. The van der Waals surface area contributed by atoms with Crippen molar-refractivity contribution in [2.24, 2.45) is 0 Å². The van der Waals surface area contributed by atoms with Gasteiger partial charge in [-0.3, -0.25) is 0 Å². The molecule has 0 aliphatic heterocycles. The summed E-state index contributed by atoms with van der Waals surface area (Å²) in [6, 6.07) is 10.5. The highest BCUT2D eigenvalue weighted by atomic mass is 35.5. The molecule has 0 fully saturated rings. The van der Waals surface area contributed by atoms with E-state index in [-0.39, 0.29) is 0 Å².